The Morgan fingerprint density at radius 1 is 1.03 bits per heavy atom. The van der Waals surface area contributed by atoms with Gasteiger partial charge in [-0.3, -0.25) is 14.9 Å². The van der Waals surface area contributed by atoms with Gasteiger partial charge in [0.1, 0.15) is 5.84 Å². The zero-order valence-electron chi connectivity index (χ0n) is 16.5. The van der Waals surface area contributed by atoms with Crippen LogP contribution >= 0.6 is 11.9 Å². The number of nitrogens with one attached hydrogen (secondary N) is 1. The average Bonchev–Trinajstić information content (AvgIpc) is 2.77. The summed E-state index contributed by atoms with van der Waals surface area (Å²) in [5.74, 6) is 0.378. The van der Waals surface area contributed by atoms with Crippen LogP contribution in [0.15, 0.2) is 76.6 Å². The van der Waals surface area contributed by atoms with Gasteiger partial charge in [-0.2, -0.15) is 0 Å². The Balaban J connectivity index is 1.71. The van der Waals surface area contributed by atoms with Gasteiger partial charge < -0.3 is 11.1 Å². The van der Waals surface area contributed by atoms with Crippen molar-refractivity contribution in [3.8, 4) is 11.1 Å². The SMILES string of the molecule is CN=C(N)c1ccc(CNC(=O)c2cccc(-c3ccc(SN)cc3C)c2)cc1. The third-order valence-electron chi connectivity index (χ3n) is 4.71. The van der Waals surface area contributed by atoms with Gasteiger partial charge in [0.05, 0.1) is 0 Å². The Hall–Kier alpha value is -3.09. The number of rotatable bonds is 6. The van der Waals surface area contributed by atoms with Gasteiger partial charge in [0, 0.05) is 29.6 Å². The summed E-state index contributed by atoms with van der Waals surface area (Å²) in [5.41, 5.74) is 11.5. The molecule has 0 bridgehead atoms. The van der Waals surface area contributed by atoms with E-state index in [0.29, 0.717) is 17.9 Å². The lowest BCUT2D eigenvalue weighted by molar-refractivity contribution is 0.0951. The lowest BCUT2D eigenvalue weighted by Crippen LogP contribution is -2.22. The fourth-order valence-corrected chi connectivity index (χ4v) is 3.46. The van der Waals surface area contributed by atoms with Gasteiger partial charge in [-0.05, 0) is 65.4 Å². The lowest BCUT2D eigenvalue weighted by Gasteiger charge is -2.10. The van der Waals surface area contributed by atoms with Crippen molar-refractivity contribution in [1.29, 1.82) is 0 Å². The molecule has 0 saturated carbocycles. The second-order valence-electron chi connectivity index (χ2n) is 6.66. The van der Waals surface area contributed by atoms with E-state index in [4.69, 9.17) is 10.9 Å². The molecular formula is C23H24N4OS. The molecular weight excluding hydrogens is 380 g/mol. The number of carbonyl (C=O) groups is 1. The molecule has 0 saturated heterocycles. The Kier molecular flexibility index (Phi) is 6.69. The molecule has 0 spiro atoms. The summed E-state index contributed by atoms with van der Waals surface area (Å²) in [4.78, 5) is 17.6. The summed E-state index contributed by atoms with van der Waals surface area (Å²) in [6, 6.07) is 21.4. The van der Waals surface area contributed by atoms with Crippen LogP contribution in [-0.2, 0) is 6.54 Å². The van der Waals surface area contributed by atoms with Crippen molar-refractivity contribution < 1.29 is 4.79 Å². The Morgan fingerprint density at radius 2 is 1.79 bits per heavy atom. The predicted octanol–water partition coefficient (Wildman–Crippen LogP) is 3.89. The molecule has 1 amide bonds. The standard InChI is InChI=1S/C23H24N4OS/c1-15-12-20(29-25)10-11-21(15)18-4-3-5-19(13-18)23(28)27-14-16-6-8-17(9-7-16)22(24)26-2/h3-13H,14,25H2,1-2H3,(H2,24,26)(H,27,28). The van der Waals surface area contributed by atoms with Crippen LogP contribution in [0.3, 0.4) is 0 Å². The number of nitrogens with two attached hydrogens (primary N) is 2. The molecule has 5 nitrogen and oxygen atoms in total. The molecule has 29 heavy (non-hydrogen) atoms. The minimum Gasteiger partial charge on any atom is -0.384 e. The quantitative estimate of drug-likeness (QED) is 0.330. The summed E-state index contributed by atoms with van der Waals surface area (Å²) in [6.07, 6.45) is 0. The first-order chi connectivity index (χ1) is 14.0. The van der Waals surface area contributed by atoms with E-state index in [9.17, 15) is 4.79 Å². The highest BCUT2D eigenvalue weighted by Crippen LogP contribution is 2.27. The van der Waals surface area contributed by atoms with Gasteiger partial charge in [0.15, 0.2) is 0 Å². The minimum absolute atomic E-state index is 0.114. The Morgan fingerprint density at radius 3 is 2.45 bits per heavy atom. The molecule has 148 valence electrons. The van der Waals surface area contributed by atoms with Crippen molar-refractivity contribution in [3.05, 3.63) is 89.0 Å². The molecule has 3 aromatic rings. The molecule has 0 fully saturated rings. The normalized spacial score (nSPS) is 11.3. The first-order valence-electron chi connectivity index (χ1n) is 9.19. The highest BCUT2D eigenvalue weighted by atomic mass is 32.2. The summed E-state index contributed by atoms with van der Waals surface area (Å²) in [6.45, 7) is 2.48. The molecule has 5 N–H and O–H groups in total. The number of benzene rings is 3. The third-order valence-corrected chi connectivity index (χ3v) is 5.24. The van der Waals surface area contributed by atoms with Crippen LogP contribution in [0.5, 0.6) is 0 Å². The first-order valence-corrected chi connectivity index (χ1v) is 10.1. The molecule has 0 unspecified atom stereocenters. The maximum Gasteiger partial charge on any atom is 0.251 e. The van der Waals surface area contributed by atoms with Crippen molar-refractivity contribution in [1.82, 2.24) is 5.32 Å². The van der Waals surface area contributed by atoms with Gasteiger partial charge >= 0.3 is 0 Å². The fraction of sp³-hybridized carbons (Fsp3) is 0.130. The summed E-state index contributed by atoms with van der Waals surface area (Å²) in [5, 5.41) is 8.60. The highest BCUT2D eigenvalue weighted by molar-refractivity contribution is 7.97. The van der Waals surface area contributed by atoms with Crippen molar-refractivity contribution >= 4 is 23.7 Å². The largest absolute Gasteiger partial charge is 0.384 e. The number of hydrogen-bond acceptors (Lipinski definition) is 4. The maximum absolute atomic E-state index is 12.6. The zero-order valence-corrected chi connectivity index (χ0v) is 17.3. The number of carbonyl (C=O) groups excluding carboxylic acids is 1. The molecule has 3 aromatic carbocycles. The van der Waals surface area contributed by atoms with E-state index in [-0.39, 0.29) is 5.91 Å². The van der Waals surface area contributed by atoms with Crippen molar-refractivity contribution in [2.45, 2.75) is 18.4 Å². The van der Waals surface area contributed by atoms with Crippen molar-refractivity contribution in [2.75, 3.05) is 7.05 Å². The van der Waals surface area contributed by atoms with Crippen LogP contribution in [0.2, 0.25) is 0 Å². The molecule has 0 radical (unpaired) electrons. The van der Waals surface area contributed by atoms with Crippen molar-refractivity contribution in [3.63, 3.8) is 0 Å². The second kappa shape index (κ2) is 9.41. The molecule has 0 aliphatic rings. The molecule has 0 aromatic heterocycles. The predicted molar refractivity (Wildman–Crippen MR) is 121 cm³/mol. The summed E-state index contributed by atoms with van der Waals surface area (Å²) < 4.78 is 0. The van der Waals surface area contributed by atoms with E-state index in [1.54, 1.807) is 7.05 Å². The maximum atomic E-state index is 12.6. The van der Waals surface area contributed by atoms with E-state index >= 15 is 0 Å². The lowest BCUT2D eigenvalue weighted by atomic mass is 9.99. The third kappa shape index (κ3) is 5.04. The van der Waals surface area contributed by atoms with Gasteiger partial charge in [-0.1, -0.05) is 42.5 Å². The van der Waals surface area contributed by atoms with Gasteiger partial charge in [-0.15, -0.1) is 0 Å². The van der Waals surface area contributed by atoms with Crippen molar-refractivity contribution in [2.24, 2.45) is 15.9 Å². The number of aliphatic imine (C=N–C) groups is 1. The highest BCUT2D eigenvalue weighted by Gasteiger charge is 2.09. The molecule has 0 aliphatic carbocycles. The zero-order chi connectivity index (χ0) is 20.8. The van der Waals surface area contributed by atoms with E-state index in [1.807, 2.05) is 73.7 Å². The van der Waals surface area contributed by atoms with Crippen LogP contribution < -0.4 is 16.2 Å². The van der Waals surface area contributed by atoms with Crippen LogP contribution in [-0.4, -0.2) is 18.8 Å². The molecule has 6 heteroatoms. The minimum atomic E-state index is -0.114. The van der Waals surface area contributed by atoms with E-state index in [1.165, 1.54) is 11.9 Å². The van der Waals surface area contributed by atoms with Crippen LogP contribution in [0.1, 0.15) is 27.0 Å². The number of hydrogen-bond donors (Lipinski definition) is 3. The van der Waals surface area contributed by atoms with Gasteiger partial charge in [-0.25, -0.2) is 0 Å². The number of aryl methyl sites for hydroxylation is 1. The molecule has 0 aliphatic heterocycles. The number of amides is 1. The van der Waals surface area contributed by atoms with E-state index in [2.05, 4.69) is 10.3 Å². The van der Waals surface area contributed by atoms with E-state index < -0.39 is 0 Å². The van der Waals surface area contributed by atoms with Gasteiger partial charge in [0.25, 0.3) is 5.91 Å². The average molecular weight is 405 g/mol. The van der Waals surface area contributed by atoms with Gasteiger partial charge in [0.2, 0.25) is 0 Å². The topological polar surface area (TPSA) is 93.5 Å². The smallest absolute Gasteiger partial charge is 0.251 e. The van der Waals surface area contributed by atoms with Crippen LogP contribution in [0, 0.1) is 6.92 Å². The molecule has 3 rings (SSSR count). The fourth-order valence-electron chi connectivity index (χ4n) is 3.07. The summed E-state index contributed by atoms with van der Waals surface area (Å²) >= 11 is 1.23. The monoisotopic (exact) mass is 404 g/mol. The second-order valence-corrected chi connectivity index (χ2v) is 7.37. The Labute approximate surface area is 175 Å². The van der Waals surface area contributed by atoms with Crippen LogP contribution in [0.4, 0.5) is 0 Å². The molecule has 0 atom stereocenters. The first kappa shape index (κ1) is 20.6. The number of nitrogens with zero attached hydrogens (tertiary/aromatic N) is 1. The summed E-state index contributed by atoms with van der Waals surface area (Å²) in [7, 11) is 1.66. The van der Waals surface area contributed by atoms with Crippen LogP contribution in [0.25, 0.3) is 11.1 Å². The molecule has 0 heterocycles. The van der Waals surface area contributed by atoms with E-state index in [0.717, 1.165) is 32.7 Å². The Bertz CT molecular complexity index is 1040. The number of amidine groups is 1.